The van der Waals surface area contributed by atoms with Crippen molar-refractivity contribution in [1.82, 2.24) is 0 Å². The molecular weight excluding hydrogens is 456 g/mol. The number of phenols is 4. The summed E-state index contributed by atoms with van der Waals surface area (Å²) in [6, 6.07) is 13.8. The maximum atomic E-state index is 11.3. The van der Waals surface area contributed by atoms with Gasteiger partial charge in [-0.25, -0.2) is 0 Å². The van der Waals surface area contributed by atoms with Gasteiger partial charge in [-0.2, -0.15) is 0 Å². The van der Waals surface area contributed by atoms with E-state index >= 15 is 0 Å². The molecule has 0 aliphatic heterocycles. The third kappa shape index (κ3) is 3.18. The van der Waals surface area contributed by atoms with Crippen LogP contribution in [-0.4, -0.2) is 34.6 Å². The van der Waals surface area contributed by atoms with E-state index < -0.39 is 0 Å². The molecule has 0 bridgehead atoms. The van der Waals surface area contributed by atoms with Crippen molar-refractivity contribution < 1.29 is 29.9 Å². The first-order valence-corrected chi connectivity index (χ1v) is 11.9. The minimum Gasteiger partial charge on any atom is -0.508 e. The monoisotopic (exact) mass is 482 g/mol. The fraction of sp³-hybridized carbons (Fsp3) is 0.200. The van der Waals surface area contributed by atoms with Crippen molar-refractivity contribution in [3.05, 3.63) is 70.8 Å². The molecule has 0 spiro atoms. The predicted octanol–water partition coefficient (Wildman–Crippen LogP) is 5.72. The Morgan fingerprint density at radius 3 is 1.33 bits per heavy atom. The second-order valence-corrected chi connectivity index (χ2v) is 9.34. The highest BCUT2D eigenvalue weighted by atomic mass is 16.5. The Kier molecular flexibility index (Phi) is 5.00. The Morgan fingerprint density at radius 2 is 0.944 bits per heavy atom. The first kappa shape index (κ1) is 22.2. The first-order chi connectivity index (χ1) is 17.4. The number of hydrogen-bond acceptors (Lipinski definition) is 6. The van der Waals surface area contributed by atoms with Crippen LogP contribution in [0.2, 0.25) is 0 Å². The molecule has 0 fully saturated rings. The van der Waals surface area contributed by atoms with Crippen LogP contribution in [0.5, 0.6) is 34.5 Å². The molecule has 4 aromatic rings. The fourth-order valence-electron chi connectivity index (χ4n) is 5.95. The minimum absolute atomic E-state index is 0.0343. The molecule has 4 aromatic carbocycles. The first-order valence-electron chi connectivity index (χ1n) is 11.9. The molecule has 0 unspecified atom stereocenters. The van der Waals surface area contributed by atoms with Gasteiger partial charge in [-0.3, -0.25) is 0 Å². The van der Waals surface area contributed by atoms with Gasteiger partial charge in [0.2, 0.25) is 0 Å². The molecule has 0 aromatic heterocycles. The molecule has 2 aliphatic carbocycles. The molecule has 0 heterocycles. The third-order valence-corrected chi connectivity index (χ3v) is 7.44. The summed E-state index contributed by atoms with van der Waals surface area (Å²) in [6.45, 7) is 0. The Hall–Kier alpha value is -4.32. The maximum absolute atomic E-state index is 11.3. The van der Waals surface area contributed by atoms with E-state index in [1.54, 1.807) is 50.6 Å². The summed E-state index contributed by atoms with van der Waals surface area (Å²) in [6.07, 6.45) is 2.57. The summed E-state index contributed by atoms with van der Waals surface area (Å²) >= 11 is 0. The highest BCUT2D eigenvalue weighted by molar-refractivity contribution is 5.96. The molecule has 4 N–H and O–H groups in total. The molecular formula is C30H26O6. The highest BCUT2D eigenvalue weighted by Crippen LogP contribution is 2.55. The SMILES string of the molecule is COc1cc(O)c(-c2c(O)cc(OC)c3c2CCc2cc(O)ccc2-3)c2c1-c1ccc(O)cc1CC2. The number of aryl methyl sites for hydroxylation is 2. The van der Waals surface area contributed by atoms with E-state index in [1.165, 1.54) is 0 Å². The van der Waals surface area contributed by atoms with Crippen molar-refractivity contribution in [2.24, 2.45) is 0 Å². The molecule has 0 amide bonds. The van der Waals surface area contributed by atoms with Crippen LogP contribution >= 0.6 is 0 Å². The summed E-state index contributed by atoms with van der Waals surface area (Å²) in [5.74, 6) is 1.57. The van der Waals surface area contributed by atoms with Crippen molar-refractivity contribution in [3.63, 3.8) is 0 Å². The summed E-state index contributed by atoms with van der Waals surface area (Å²) in [5, 5.41) is 42.7. The Morgan fingerprint density at radius 1 is 0.528 bits per heavy atom. The lowest BCUT2D eigenvalue weighted by atomic mass is 9.76. The molecule has 6 rings (SSSR count). The Balaban J connectivity index is 1.68. The smallest absolute Gasteiger partial charge is 0.130 e. The normalized spacial score (nSPS) is 13.3. The van der Waals surface area contributed by atoms with E-state index in [9.17, 15) is 20.4 Å². The molecule has 2 aliphatic rings. The van der Waals surface area contributed by atoms with E-state index in [4.69, 9.17) is 9.47 Å². The van der Waals surface area contributed by atoms with Gasteiger partial charge in [0.1, 0.15) is 34.5 Å². The van der Waals surface area contributed by atoms with Gasteiger partial charge in [0.25, 0.3) is 0 Å². The Bertz CT molecular complexity index is 1440. The number of rotatable bonds is 3. The largest absolute Gasteiger partial charge is 0.508 e. The highest BCUT2D eigenvalue weighted by Gasteiger charge is 2.32. The quantitative estimate of drug-likeness (QED) is 0.298. The molecule has 0 saturated carbocycles. The third-order valence-electron chi connectivity index (χ3n) is 7.44. The number of benzene rings is 4. The van der Waals surface area contributed by atoms with E-state index in [1.807, 2.05) is 12.1 Å². The van der Waals surface area contributed by atoms with Crippen LogP contribution in [0.25, 0.3) is 33.4 Å². The lowest BCUT2D eigenvalue weighted by Gasteiger charge is -2.29. The lowest BCUT2D eigenvalue weighted by molar-refractivity contribution is 0.406. The van der Waals surface area contributed by atoms with Gasteiger partial charge >= 0.3 is 0 Å². The van der Waals surface area contributed by atoms with Crippen molar-refractivity contribution in [3.8, 4) is 67.9 Å². The number of ether oxygens (including phenoxy) is 2. The van der Waals surface area contributed by atoms with Crippen LogP contribution in [-0.2, 0) is 25.7 Å². The zero-order valence-corrected chi connectivity index (χ0v) is 20.1. The predicted molar refractivity (Wildman–Crippen MR) is 137 cm³/mol. The van der Waals surface area contributed by atoms with Crippen LogP contribution in [0.4, 0.5) is 0 Å². The van der Waals surface area contributed by atoms with E-state index in [0.717, 1.165) is 44.5 Å². The van der Waals surface area contributed by atoms with Crippen molar-refractivity contribution in [2.45, 2.75) is 25.7 Å². The summed E-state index contributed by atoms with van der Waals surface area (Å²) < 4.78 is 11.4. The van der Waals surface area contributed by atoms with Gasteiger partial charge < -0.3 is 29.9 Å². The molecule has 182 valence electrons. The number of aromatic hydroxyl groups is 4. The molecule has 36 heavy (non-hydrogen) atoms. The molecule has 6 nitrogen and oxygen atoms in total. The number of phenolic OH excluding ortho intramolecular Hbond substituents is 4. The van der Waals surface area contributed by atoms with Crippen LogP contribution in [0.1, 0.15) is 22.3 Å². The second kappa shape index (κ2) is 8.12. The van der Waals surface area contributed by atoms with Gasteiger partial charge in [0, 0.05) is 34.4 Å². The fourth-order valence-corrected chi connectivity index (χ4v) is 5.95. The van der Waals surface area contributed by atoms with Crippen molar-refractivity contribution >= 4 is 0 Å². The van der Waals surface area contributed by atoms with Gasteiger partial charge in [-0.05, 0) is 83.3 Å². The minimum atomic E-state index is 0.0343. The van der Waals surface area contributed by atoms with E-state index in [2.05, 4.69) is 0 Å². The van der Waals surface area contributed by atoms with Gasteiger partial charge in [0.15, 0.2) is 0 Å². The van der Waals surface area contributed by atoms with Gasteiger partial charge in [-0.1, -0.05) is 12.1 Å². The number of fused-ring (bicyclic) bond motifs is 6. The van der Waals surface area contributed by atoms with Crippen LogP contribution in [0.15, 0.2) is 48.5 Å². The zero-order chi connectivity index (χ0) is 25.1. The van der Waals surface area contributed by atoms with E-state index in [0.29, 0.717) is 48.3 Å². The van der Waals surface area contributed by atoms with Crippen molar-refractivity contribution in [1.29, 1.82) is 0 Å². The van der Waals surface area contributed by atoms with Gasteiger partial charge in [0.05, 0.1) is 14.2 Å². The maximum Gasteiger partial charge on any atom is 0.130 e. The van der Waals surface area contributed by atoms with Crippen LogP contribution in [0.3, 0.4) is 0 Å². The van der Waals surface area contributed by atoms with Crippen molar-refractivity contribution in [2.75, 3.05) is 14.2 Å². The van der Waals surface area contributed by atoms with E-state index in [-0.39, 0.29) is 23.0 Å². The van der Waals surface area contributed by atoms with Gasteiger partial charge in [-0.15, -0.1) is 0 Å². The molecule has 0 saturated heterocycles. The summed E-state index contributed by atoms with van der Waals surface area (Å²) in [7, 11) is 3.14. The van der Waals surface area contributed by atoms with Crippen LogP contribution in [0, 0.1) is 0 Å². The zero-order valence-electron chi connectivity index (χ0n) is 20.1. The number of hydrogen-bond donors (Lipinski definition) is 4. The lowest BCUT2D eigenvalue weighted by Crippen LogP contribution is -2.11. The summed E-state index contributed by atoms with van der Waals surface area (Å²) in [5.41, 5.74) is 8.57. The van der Waals surface area contributed by atoms with Crippen LogP contribution < -0.4 is 9.47 Å². The Labute approximate surface area is 208 Å². The summed E-state index contributed by atoms with van der Waals surface area (Å²) in [4.78, 5) is 0. The number of methoxy groups -OCH3 is 2. The average Bonchev–Trinajstić information content (AvgIpc) is 2.87. The standard InChI is InChI=1S/C30H26O6/c1-35-25-13-23(33)29(21-7-3-15-11-17(31)5-9-19(15)27(21)25)30-22-8-4-16-12-18(32)6-10-20(16)28(22)26(36-2)14-24(30)34/h5-6,9-14,31-34H,3-4,7-8H2,1-2H3. The topological polar surface area (TPSA) is 99.4 Å². The average molecular weight is 483 g/mol. The molecule has 0 radical (unpaired) electrons. The molecule has 6 heteroatoms. The second-order valence-electron chi connectivity index (χ2n) is 9.34. The molecule has 0 atom stereocenters.